The molecule has 0 spiro atoms. The van der Waals surface area contributed by atoms with Gasteiger partial charge in [-0.15, -0.1) is 0 Å². The molecule has 2 N–H and O–H groups in total. The van der Waals surface area contributed by atoms with Crippen molar-refractivity contribution in [2.75, 3.05) is 0 Å². The van der Waals surface area contributed by atoms with E-state index >= 15 is 0 Å². The highest BCUT2D eigenvalue weighted by molar-refractivity contribution is 5.61. The number of ether oxygens (including phenoxy) is 1. The first-order chi connectivity index (χ1) is 13.0. The zero-order chi connectivity index (χ0) is 20.6. The zero-order valence-electron chi connectivity index (χ0n) is 13.6. The lowest BCUT2D eigenvalue weighted by Crippen LogP contribution is -2.53. The van der Waals surface area contributed by atoms with Crippen LogP contribution in [0.25, 0.3) is 0 Å². The molecule has 0 amide bonds. The summed E-state index contributed by atoms with van der Waals surface area (Å²) < 4.78 is 90.1. The minimum Gasteiger partial charge on any atom is -0.457 e. The largest absolute Gasteiger partial charge is 0.457 e. The van der Waals surface area contributed by atoms with Gasteiger partial charge in [0, 0.05) is 22.8 Å². The number of nitriles is 1. The summed E-state index contributed by atoms with van der Waals surface area (Å²) in [7, 11) is 0. The summed E-state index contributed by atoms with van der Waals surface area (Å²) >= 11 is 0. The lowest BCUT2D eigenvalue weighted by molar-refractivity contribution is -0.304. The normalized spacial score (nSPS) is 28.7. The van der Waals surface area contributed by atoms with Crippen LogP contribution in [0, 0.1) is 17.1 Å². The van der Waals surface area contributed by atoms with Crippen LogP contribution in [0.2, 0.25) is 0 Å². The standard InChI is InChI=1S/C18H9F6NO3/c19-8-3-7(6-25)4-9(5-8)28-11-2-1-10-13-12(11)14(26)15(20)16(13,27)18(23,24)17(10,21)22/h1-5,14-15,26-27H/t14?,15-,16+/m1/s1. The molecular formula is C18H9F6NO3. The SMILES string of the molecule is N#Cc1cc(F)cc(Oc2ccc3c4c2C(O)[C@@H](F)[C@]4(O)C(F)(F)C3(F)F)c1. The van der Waals surface area contributed by atoms with Gasteiger partial charge in [-0.2, -0.15) is 22.8 Å². The van der Waals surface area contributed by atoms with Gasteiger partial charge < -0.3 is 14.9 Å². The lowest BCUT2D eigenvalue weighted by Gasteiger charge is -2.32. The summed E-state index contributed by atoms with van der Waals surface area (Å²) in [5, 5.41) is 29.1. The van der Waals surface area contributed by atoms with Gasteiger partial charge >= 0.3 is 11.8 Å². The Bertz CT molecular complexity index is 1050. The van der Waals surface area contributed by atoms with Crippen LogP contribution in [-0.4, -0.2) is 22.3 Å². The molecule has 0 aliphatic heterocycles. The minimum atomic E-state index is -5.22. The Balaban J connectivity index is 1.92. The summed E-state index contributed by atoms with van der Waals surface area (Å²) in [5.74, 6) is -11.8. The third-order valence-corrected chi connectivity index (χ3v) is 5.00. The van der Waals surface area contributed by atoms with E-state index in [2.05, 4.69) is 0 Å². The molecule has 0 bridgehead atoms. The van der Waals surface area contributed by atoms with Crippen molar-refractivity contribution < 1.29 is 41.3 Å². The lowest BCUT2D eigenvalue weighted by atomic mass is 9.93. The number of rotatable bonds is 2. The number of nitrogens with zero attached hydrogens (tertiary/aromatic N) is 1. The first-order valence-corrected chi connectivity index (χ1v) is 7.83. The highest BCUT2D eigenvalue weighted by Crippen LogP contribution is 2.68. The molecule has 4 nitrogen and oxygen atoms in total. The topological polar surface area (TPSA) is 73.5 Å². The number of aliphatic hydroxyl groups excluding tert-OH is 1. The van der Waals surface area contributed by atoms with Gasteiger partial charge in [-0.3, -0.25) is 0 Å². The number of hydrogen-bond donors (Lipinski definition) is 2. The van der Waals surface area contributed by atoms with Gasteiger partial charge in [0.15, 0.2) is 11.8 Å². The second-order valence-corrected chi connectivity index (χ2v) is 6.55. The van der Waals surface area contributed by atoms with Gasteiger partial charge in [0.25, 0.3) is 0 Å². The van der Waals surface area contributed by atoms with Crippen LogP contribution in [0.4, 0.5) is 26.3 Å². The molecule has 2 aromatic carbocycles. The van der Waals surface area contributed by atoms with Crippen LogP contribution in [-0.2, 0) is 11.5 Å². The number of benzene rings is 2. The maximum Gasteiger partial charge on any atom is 0.349 e. The van der Waals surface area contributed by atoms with Crippen LogP contribution >= 0.6 is 0 Å². The molecule has 0 saturated heterocycles. The summed E-state index contributed by atoms with van der Waals surface area (Å²) in [5.41, 5.74) is -7.40. The Morgan fingerprint density at radius 3 is 2.43 bits per heavy atom. The van der Waals surface area contributed by atoms with Crippen LogP contribution < -0.4 is 4.74 Å². The van der Waals surface area contributed by atoms with Crippen LogP contribution in [0.1, 0.15) is 28.4 Å². The maximum absolute atomic E-state index is 14.5. The highest BCUT2D eigenvalue weighted by atomic mass is 19.3. The van der Waals surface area contributed by atoms with Crippen molar-refractivity contribution in [2.24, 2.45) is 0 Å². The zero-order valence-corrected chi connectivity index (χ0v) is 13.6. The fourth-order valence-electron chi connectivity index (χ4n) is 3.72. The number of aliphatic hydroxyl groups is 2. The molecule has 2 aliphatic rings. The van der Waals surface area contributed by atoms with Gasteiger partial charge in [0.1, 0.15) is 23.4 Å². The third-order valence-electron chi connectivity index (χ3n) is 5.00. The Hall–Kier alpha value is -2.77. The molecule has 28 heavy (non-hydrogen) atoms. The van der Waals surface area contributed by atoms with E-state index in [4.69, 9.17) is 10.00 Å². The molecule has 0 saturated carbocycles. The summed E-state index contributed by atoms with van der Waals surface area (Å²) in [4.78, 5) is 0. The molecule has 0 radical (unpaired) electrons. The van der Waals surface area contributed by atoms with Crippen molar-refractivity contribution in [3.63, 3.8) is 0 Å². The molecule has 10 heteroatoms. The fourth-order valence-corrected chi connectivity index (χ4v) is 3.72. The summed E-state index contributed by atoms with van der Waals surface area (Å²) in [6, 6.07) is 5.70. The molecule has 3 atom stereocenters. The van der Waals surface area contributed by atoms with E-state index in [1.54, 1.807) is 6.07 Å². The van der Waals surface area contributed by atoms with E-state index in [1.165, 1.54) is 0 Å². The Labute approximate surface area is 153 Å². The average molecular weight is 401 g/mol. The van der Waals surface area contributed by atoms with Gasteiger partial charge in [-0.1, -0.05) is 0 Å². The highest BCUT2D eigenvalue weighted by Gasteiger charge is 2.82. The van der Waals surface area contributed by atoms with Crippen LogP contribution in [0.15, 0.2) is 30.3 Å². The smallest absolute Gasteiger partial charge is 0.349 e. The van der Waals surface area contributed by atoms with E-state index in [0.717, 1.165) is 24.3 Å². The molecule has 0 fully saturated rings. The fraction of sp³-hybridized carbons (Fsp3) is 0.278. The molecule has 2 aliphatic carbocycles. The summed E-state index contributed by atoms with van der Waals surface area (Å²) in [6.07, 6.45) is -5.54. The molecule has 0 aromatic heterocycles. The van der Waals surface area contributed by atoms with Gasteiger partial charge in [0.05, 0.1) is 11.6 Å². The minimum absolute atomic E-state index is 0.161. The molecule has 146 valence electrons. The van der Waals surface area contributed by atoms with Crippen molar-refractivity contribution in [3.05, 3.63) is 58.4 Å². The predicted octanol–water partition coefficient (Wildman–Crippen LogP) is 3.80. The van der Waals surface area contributed by atoms with E-state index in [1.807, 2.05) is 0 Å². The van der Waals surface area contributed by atoms with E-state index in [-0.39, 0.29) is 11.3 Å². The molecule has 2 aromatic rings. The molecule has 1 unspecified atom stereocenters. The van der Waals surface area contributed by atoms with Crippen molar-refractivity contribution in [1.82, 2.24) is 0 Å². The predicted molar refractivity (Wildman–Crippen MR) is 80.2 cm³/mol. The Morgan fingerprint density at radius 2 is 1.79 bits per heavy atom. The first kappa shape index (κ1) is 18.6. The first-order valence-electron chi connectivity index (χ1n) is 7.83. The second kappa shape index (κ2) is 5.40. The van der Waals surface area contributed by atoms with E-state index in [0.29, 0.717) is 6.07 Å². The molecule has 0 heterocycles. The number of alkyl halides is 5. The quantitative estimate of drug-likeness (QED) is 0.751. The Kier molecular flexibility index (Phi) is 3.58. The molecule has 4 rings (SSSR count). The average Bonchev–Trinajstić information content (AvgIpc) is 2.90. The number of halogens is 6. The van der Waals surface area contributed by atoms with Gasteiger partial charge in [0.2, 0.25) is 0 Å². The van der Waals surface area contributed by atoms with E-state index < -0.39 is 58.0 Å². The van der Waals surface area contributed by atoms with E-state index in [9.17, 15) is 36.6 Å². The van der Waals surface area contributed by atoms with Crippen molar-refractivity contribution in [2.45, 2.75) is 29.7 Å². The number of hydrogen-bond acceptors (Lipinski definition) is 4. The Morgan fingerprint density at radius 1 is 1.11 bits per heavy atom. The van der Waals surface area contributed by atoms with Gasteiger partial charge in [-0.05, 0) is 24.3 Å². The monoisotopic (exact) mass is 401 g/mol. The van der Waals surface area contributed by atoms with Crippen molar-refractivity contribution in [3.8, 4) is 17.6 Å². The molecular weight excluding hydrogens is 392 g/mol. The van der Waals surface area contributed by atoms with Crippen molar-refractivity contribution >= 4 is 0 Å². The van der Waals surface area contributed by atoms with Gasteiger partial charge in [-0.25, -0.2) is 8.78 Å². The second-order valence-electron chi connectivity index (χ2n) is 6.55. The summed E-state index contributed by atoms with van der Waals surface area (Å²) in [6.45, 7) is 0. The maximum atomic E-state index is 14.5. The van der Waals surface area contributed by atoms with Crippen LogP contribution in [0.5, 0.6) is 11.5 Å². The third kappa shape index (κ3) is 1.98. The van der Waals surface area contributed by atoms with Crippen LogP contribution in [0.3, 0.4) is 0 Å². The van der Waals surface area contributed by atoms with Crippen molar-refractivity contribution in [1.29, 1.82) is 5.26 Å².